The average molecular weight is 196 g/mol. The van der Waals surface area contributed by atoms with E-state index in [-0.39, 0.29) is 0 Å². The highest BCUT2D eigenvalue weighted by atomic mass is 16.3. The highest BCUT2D eigenvalue weighted by Gasteiger charge is 2.18. The minimum atomic E-state index is 0.360. The van der Waals surface area contributed by atoms with Crippen molar-refractivity contribution < 1.29 is 5.11 Å². The molecule has 0 amide bonds. The summed E-state index contributed by atoms with van der Waals surface area (Å²) in [5.74, 6) is 0.360. The van der Waals surface area contributed by atoms with Crippen molar-refractivity contribution in [3.8, 4) is 16.9 Å². The summed E-state index contributed by atoms with van der Waals surface area (Å²) in [5, 5.41) is 9.43. The predicted molar refractivity (Wildman–Crippen MR) is 61.1 cm³/mol. The Morgan fingerprint density at radius 2 is 1.60 bits per heavy atom. The zero-order chi connectivity index (χ0) is 10.4. The molecule has 15 heavy (non-hydrogen) atoms. The van der Waals surface area contributed by atoms with Crippen molar-refractivity contribution in [2.24, 2.45) is 0 Å². The van der Waals surface area contributed by atoms with E-state index in [0.29, 0.717) is 5.75 Å². The van der Waals surface area contributed by atoms with Gasteiger partial charge in [-0.2, -0.15) is 0 Å². The highest BCUT2D eigenvalue weighted by molar-refractivity contribution is 5.77. The van der Waals surface area contributed by atoms with Crippen molar-refractivity contribution in [2.75, 3.05) is 0 Å². The molecule has 0 atom stereocenters. The van der Waals surface area contributed by atoms with Crippen LogP contribution in [0.25, 0.3) is 11.1 Å². The molecule has 0 heterocycles. The number of phenols is 1. The van der Waals surface area contributed by atoms with Crippen molar-refractivity contribution in [1.82, 2.24) is 0 Å². The lowest BCUT2D eigenvalue weighted by Crippen LogP contribution is -1.81. The number of aromatic hydroxyl groups is 1. The first-order valence-corrected chi connectivity index (χ1v) is 5.16. The molecule has 0 bridgehead atoms. The number of fused-ring (bicyclic) bond motifs is 3. The molecule has 0 fully saturated rings. The van der Waals surface area contributed by atoms with Gasteiger partial charge in [-0.3, -0.25) is 0 Å². The van der Waals surface area contributed by atoms with E-state index in [1.807, 2.05) is 12.1 Å². The number of phenolic OH excluding ortho intramolecular Hbond substituents is 1. The smallest absolute Gasteiger partial charge is 0.115 e. The van der Waals surface area contributed by atoms with Crippen molar-refractivity contribution in [1.29, 1.82) is 0 Å². The highest BCUT2D eigenvalue weighted by Crippen LogP contribution is 2.38. The van der Waals surface area contributed by atoms with Crippen LogP contribution >= 0.6 is 0 Å². The Morgan fingerprint density at radius 3 is 2.40 bits per heavy atom. The average Bonchev–Trinajstić information content (AvgIpc) is 2.53. The molecule has 1 heteroatoms. The fourth-order valence-corrected chi connectivity index (χ4v) is 2.33. The fraction of sp³-hybridized carbons (Fsp3) is 0.143. The molecule has 1 nitrogen and oxygen atoms in total. The summed E-state index contributed by atoms with van der Waals surface area (Å²) >= 11 is 0. The minimum absolute atomic E-state index is 0.360. The Bertz CT molecular complexity index is 492. The maximum Gasteiger partial charge on any atom is 0.115 e. The molecule has 1 aliphatic carbocycles. The molecule has 1 aliphatic rings. The van der Waals surface area contributed by atoms with Crippen LogP contribution in [-0.4, -0.2) is 5.11 Å². The Morgan fingerprint density at radius 1 is 0.933 bits per heavy atom. The molecular weight excluding hydrogens is 184 g/mol. The summed E-state index contributed by atoms with van der Waals surface area (Å²) in [6.45, 7) is 2.11. The van der Waals surface area contributed by atoms with Crippen LogP contribution in [0.3, 0.4) is 0 Å². The third kappa shape index (κ3) is 1.23. The summed E-state index contributed by atoms with van der Waals surface area (Å²) in [6, 6.07) is 12.2. The quantitative estimate of drug-likeness (QED) is 0.585. The third-order valence-corrected chi connectivity index (χ3v) is 3.02. The molecule has 74 valence electrons. The molecule has 0 radical (unpaired) electrons. The van der Waals surface area contributed by atoms with E-state index >= 15 is 0 Å². The summed E-state index contributed by atoms with van der Waals surface area (Å²) < 4.78 is 0. The second kappa shape index (κ2) is 2.86. The maximum atomic E-state index is 9.43. The van der Waals surface area contributed by atoms with E-state index in [2.05, 4.69) is 25.1 Å². The second-order valence-electron chi connectivity index (χ2n) is 4.18. The van der Waals surface area contributed by atoms with E-state index in [1.54, 1.807) is 6.07 Å². The largest absolute Gasteiger partial charge is 0.508 e. The van der Waals surface area contributed by atoms with Crippen molar-refractivity contribution in [3.63, 3.8) is 0 Å². The predicted octanol–water partition coefficient (Wildman–Crippen LogP) is 3.27. The van der Waals surface area contributed by atoms with Gasteiger partial charge in [0.1, 0.15) is 5.75 Å². The number of benzene rings is 2. The van der Waals surface area contributed by atoms with Gasteiger partial charge < -0.3 is 5.11 Å². The van der Waals surface area contributed by atoms with Crippen LogP contribution < -0.4 is 0 Å². The zero-order valence-electron chi connectivity index (χ0n) is 8.62. The lowest BCUT2D eigenvalue weighted by Gasteiger charge is -2.01. The van der Waals surface area contributed by atoms with E-state index in [4.69, 9.17) is 0 Å². The zero-order valence-corrected chi connectivity index (χ0v) is 8.62. The van der Waals surface area contributed by atoms with Crippen LogP contribution in [0.4, 0.5) is 0 Å². The van der Waals surface area contributed by atoms with Crippen LogP contribution in [-0.2, 0) is 6.42 Å². The normalized spacial score (nSPS) is 12.3. The molecule has 0 saturated heterocycles. The summed E-state index contributed by atoms with van der Waals surface area (Å²) in [4.78, 5) is 0. The Hall–Kier alpha value is -1.76. The van der Waals surface area contributed by atoms with Crippen LogP contribution in [0, 0.1) is 6.92 Å². The van der Waals surface area contributed by atoms with E-state index in [0.717, 1.165) is 6.42 Å². The summed E-state index contributed by atoms with van der Waals surface area (Å²) in [6.07, 6.45) is 0.945. The van der Waals surface area contributed by atoms with Gasteiger partial charge in [-0.15, -0.1) is 0 Å². The van der Waals surface area contributed by atoms with Gasteiger partial charge in [-0.1, -0.05) is 29.8 Å². The topological polar surface area (TPSA) is 20.2 Å². The van der Waals surface area contributed by atoms with Gasteiger partial charge in [0.05, 0.1) is 0 Å². The molecule has 0 aliphatic heterocycles. The van der Waals surface area contributed by atoms with Crippen molar-refractivity contribution >= 4 is 0 Å². The monoisotopic (exact) mass is 196 g/mol. The van der Waals surface area contributed by atoms with Crippen LogP contribution in [0.2, 0.25) is 0 Å². The SMILES string of the molecule is Cc1ccc2c(c1)Cc1cc(O)ccc1-2. The summed E-state index contributed by atoms with van der Waals surface area (Å²) in [5.41, 5.74) is 6.48. The molecule has 0 spiro atoms. The molecular formula is C14H12O. The number of rotatable bonds is 0. The maximum absolute atomic E-state index is 9.43. The molecule has 2 aromatic rings. The Labute approximate surface area is 89.0 Å². The van der Waals surface area contributed by atoms with Crippen LogP contribution in [0.5, 0.6) is 5.75 Å². The molecule has 2 aromatic carbocycles. The first-order chi connectivity index (χ1) is 7.24. The van der Waals surface area contributed by atoms with Gasteiger partial charge in [0.25, 0.3) is 0 Å². The Balaban J connectivity index is 2.24. The van der Waals surface area contributed by atoms with Crippen LogP contribution in [0.15, 0.2) is 36.4 Å². The molecule has 1 N–H and O–H groups in total. The van der Waals surface area contributed by atoms with Crippen LogP contribution in [0.1, 0.15) is 16.7 Å². The minimum Gasteiger partial charge on any atom is -0.508 e. The van der Waals surface area contributed by atoms with E-state index in [9.17, 15) is 5.11 Å². The molecule has 0 aromatic heterocycles. The Kier molecular flexibility index (Phi) is 1.63. The van der Waals surface area contributed by atoms with Gasteiger partial charge in [0, 0.05) is 0 Å². The lowest BCUT2D eigenvalue weighted by atomic mass is 10.0. The standard InChI is InChI=1S/C14H12O/c1-9-2-4-13-10(6-9)7-11-8-12(15)3-5-14(11)13/h2-6,8,15H,7H2,1H3. The first-order valence-electron chi connectivity index (χ1n) is 5.16. The summed E-state index contributed by atoms with van der Waals surface area (Å²) in [7, 11) is 0. The van der Waals surface area contributed by atoms with Gasteiger partial charge >= 0.3 is 0 Å². The third-order valence-electron chi connectivity index (χ3n) is 3.02. The fourth-order valence-electron chi connectivity index (χ4n) is 2.33. The first kappa shape index (κ1) is 8.54. The lowest BCUT2D eigenvalue weighted by molar-refractivity contribution is 0.475. The molecule has 3 rings (SSSR count). The van der Waals surface area contributed by atoms with Crippen molar-refractivity contribution in [3.05, 3.63) is 53.1 Å². The van der Waals surface area contributed by atoms with Gasteiger partial charge in [-0.25, -0.2) is 0 Å². The van der Waals surface area contributed by atoms with Gasteiger partial charge in [0.15, 0.2) is 0 Å². The molecule has 0 unspecified atom stereocenters. The van der Waals surface area contributed by atoms with E-state index in [1.165, 1.54) is 27.8 Å². The van der Waals surface area contributed by atoms with Crippen molar-refractivity contribution in [2.45, 2.75) is 13.3 Å². The van der Waals surface area contributed by atoms with E-state index < -0.39 is 0 Å². The van der Waals surface area contributed by atoms with Gasteiger partial charge in [-0.05, 0) is 47.7 Å². The number of hydrogen-bond acceptors (Lipinski definition) is 1. The van der Waals surface area contributed by atoms with Gasteiger partial charge in [0.2, 0.25) is 0 Å². The number of aryl methyl sites for hydroxylation is 1. The molecule has 0 saturated carbocycles. The second-order valence-corrected chi connectivity index (χ2v) is 4.18. The number of hydrogen-bond donors (Lipinski definition) is 1.